The Morgan fingerprint density at radius 1 is 1.35 bits per heavy atom. The van der Waals surface area contributed by atoms with Crippen LogP contribution in [-0.2, 0) is 13.2 Å². The minimum absolute atomic E-state index is 0.110. The molecule has 2 rings (SSSR count). The molecule has 8 heteroatoms. The van der Waals surface area contributed by atoms with Gasteiger partial charge in [0, 0.05) is 24.4 Å². The number of hydrogen-bond acceptors (Lipinski definition) is 3. The summed E-state index contributed by atoms with van der Waals surface area (Å²) < 4.78 is 39.6. The third-order valence-corrected chi connectivity index (χ3v) is 2.92. The lowest BCUT2D eigenvalue weighted by Crippen LogP contribution is -2.15. The second kappa shape index (κ2) is 5.12. The Bertz CT molecular complexity index is 648. The molecule has 0 bridgehead atoms. The van der Waals surface area contributed by atoms with E-state index >= 15 is 0 Å². The van der Waals surface area contributed by atoms with Gasteiger partial charge in [0.05, 0.1) is 11.8 Å². The molecule has 1 aromatic carbocycles. The van der Waals surface area contributed by atoms with Crippen molar-refractivity contribution in [3.05, 3.63) is 41.6 Å². The molecule has 1 aromatic heterocycles. The van der Waals surface area contributed by atoms with E-state index in [2.05, 4.69) is 10.4 Å². The SMILES string of the molecule is Cn1nccc1Nc1ccc(C(F)(F)F)cc1C(N)=S. The van der Waals surface area contributed by atoms with Gasteiger partial charge >= 0.3 is 6.18 Å². The number of nitrogens with two attached hydrogens (primary N) is 1. The fourth-order valence-electron chi connectivity index (χ4n) is 1.67. The highest BCUT2D eigenvalue weighted by Crippen LogP contribution is 2.32. The van der Waals surface area contributed by atoms with Crippen LogP contribution in [0, 0.1) is 0 Å². The number of hydrogen-bond donors (Lipinski definition) is 2. The van der Waals surface area contributed by atoms with E-state index in [0.29, 0.717) is 11.5 Å². The number of alkyl halides is 3. The zero-order valence-corrected chi connectivity index (χ0v) is 11.2. The Balaban J connectivity index is 2.43. The first-order chi connectivity index (χ1) is 9.29. The number of aryl methyl sites for hydroxylation is 1. The van der Waals surface area contributed by atoms with Crippen LogP contribution in [0.5, 0.6) is 0 Å². The van der Waals surface area contributed by atoms with E-state index < -0.39 is 11.7 Å². The van der Waals surface area contributed by atoms with E-state index in [1.807, 2.05) is 0 Å². The molecule has 0 unspecified atom stereocenters. The van der Waals surface area contributed by atoms with Gasteiger partial charge in [-0.05, 0) is 18.2 Å². The van der Waals surface area contributed by atoms with Gasteiger partial charge in [0.1, 0.15) is 10.8 Å². The number of rotatable bonds is 3. The summed E-state index contributed by atoms with van der Waals surface area (Å²) in [5.74, 6) is 0.613. The second-order valence-electron chi connectivity index (χ2n) is 4.09. The van der Waals surface area contributed by atoms with E-state index in [-0.39, 0.29) is 10.6 Å². The fourth-order valence-corrected chi connectivity index (χ4v) is 1.84. The van der Waals surface area contributed by atoms with Crippen LogP contribution in [0.15, 0.2) is 30.5 Å². The van der Waals surface area contributed by atoms with Crippen molar-refractivity contribution in [2.45, 2.75) is 6.18 Å². The zero-order chi connectivity index (χ0) is 14.9. The molecule has 20 heavy (non-hydrogen) atoms. The van der Waals surface area contributed by atoms with Crippen molar-refractivity contribution < 1.29 is 13.2 Å². The van der Waals surface area contributed by atoms with E-state index in [0.717, 1.165) is 12.1 Å². The van der Waals surface area contributed by atoms with Gasteiger partial charge in [0.25, 0.3) is 0 Å². The average Bonchev–Trinajstić information content (AvgIpc) is 2.74. The highest BCUT2D eigenvalue weighted by atomic mass is 32.1. The molecule has 0 aliphatic carbocycles. The van der Waals surface area contributed by atoms with E-state index in [9.17, 15) is 13.2 Å². The maximum absolute atomic E-state index is 12.7. The number of nitrogens with zero attached hydrogens (tertiary/aromatic N) is 2. The molecule has 0 aliphatic rings. The van der Waals surface area contributed by atoms with Crippen LogP contribution in [-0.4, -0.2) is 14.8 Å². The molecule has 0 amide bonds. The fraction of sp³-hybridized carbons (Fsp3) is 0.167. The molecule has 0 aliphatic heterocycles. The molecular weight excluding hydrogens is 289 g/mol. The lowest BCUT2D eigenvalue weighted by Gasteiger charge is -2.14. The second-order valence-corrected chi connectivity index (χ2v) is 4.53. The Labute approximate surface area is 118 Å². The summed E-state index contributed by atoms with van der Waals surface area (Å²) in [5, 5.41) is 6.90. The minimum Gasteiger partial charge on any atom is -0.389 e. The third kappa shape index (κ3) is 2.90. The highest BCUT2D eigenvalue weighted by molar-refractivity contribution is 7.80. The molecule has 2 aromatic rings. The Morgan fingerprint density at radius 2 is 2.05 bits per heavy atom. The molecule has 0 saturated carbocycles. The summed E-state index contributed by atoms with van der Waals surface area (Å²) in [7, 11) is 1.70. The molecule has 106 valence electrons. The first-order valence-corrected chi connectivity index (χ1v) is 5.96. The maximum atomic E-state index is 12.7. The van der Waals surface area contributed by atoms with E-state index in [1.54, 1.807) is 24.0 Å². The molecule has 0 saturated heterocycles. The number of aromatic nitrogens is 2. The lowest BCUT2D eigenvalue weighted by atomic mass is 10.1. The topological polar surface area (TPSA) is 55.9 Å². The Hall–Kier alpha value is -2.09. The van der Waals surface area contributed by atoms with Crippen molar-refractivity contribution in [2.24, 2.45) is 12.8 Å². The standard InChI is InChI=1S/C12H11F3N4S/c1-19-10(4-5-17-19)18-9-3-2-7(12(13,14)15)6-8(9)11(16)20/h2-6,18H,1H3,(H2,16,20). The molecule has 0 fully saturated rings. The maximum Gasteiger partial charge on any atom is 0.416 e. The monoisotopic (exact) mass is 300 g/mol. The lowest BCUT2D eigenvalue weighted by molar-refractivity contribution is -0.137. The van der Waals surface area contributed by atoms with Crippen LogP contribution >= 0.6 is 12.2 Å². The van der Waals surface area contributed by atoms with Crippen molar-refractivity contribution in [3.8, 4) is 0 Å². The van der Waals surface area contributed by atoms with Gasteiger partial charge in [-0.25, -0.2) is 0 Å². The highest BCUT2D eigenvalue weighted by Gasteiger charge is 2.31. The number of benzene rings is 1. The van der Waals surface area contributed by atoms with Gasteiger partial charge in [-0.2, -0.15) is 18.3 Å². The van der Waals surface area contributed by atoms with Gasteiger partial charge in [-0.15, -0.1) is 0 Å². The molecule has 3 N–H and O–H groups in total. The number of thiocarbonyl (C=S) groups is 1. The van der Waals surface area contributed by atoms with Gasteiger partial charge in [0.2, 0.25) is 0 Å². The number of halogens is 3. The van der Waals surface area contributed by atoms with E-state index in [4.69, 9.17) is 18.0 Å². The summed E-state index contributed by atoms with van der Waals surface area (Å²) in [6, 6.07) is 4.88. The third-order valence-electron chi connectivity index (χ3n) is 2.70. The first-order valence-electron chi connectivity index (χ1n) is 5.55. The van der Waals surface area contributed by atoms with Gasteiger partial charge in [0.15, 0.2) is 0 Å². The van der Waals surface area contributed by atoms with Gasteiger partial charge in [-0.1, -0.05) is 12.2 Å². The van der Waals surface area contributed by atoms with Crippen LogP contribution in [0.25, 0.3) is 0 Å². The average molecular weight is 300 g/mol. The minimum atomic E-state index is -4.44. The largest absolute Gasteiger partial charge is 0.416 e. The van der Waals surface area contributed by atoms with Crippen molar-refractivity contribution in [1.29, 1.82) is 0 Å². The summed E-state index contributed by atoms with van der Waals surface area (Å²) in [6.45, 7) is 0. The molecular formula is C12H11F3N4S. The van der Waals surface area contributed by atoms with Crippen LogP contribution in [0.2, 0.25) is 0 Å². The van der Waals surface area contributed by atoms with Gasteiger partial charge < -0.3 is 11.1 Å². The molecule has 0 radical (unpaired) electrons. The Morgan fingerprint density at radius 3 is 2.55 bits per heavy atom. The Kier molecular flexibility index (Phi) is 3.67. The summed E-state index contributed by atoms with van der Waals surface area (Å²) in [6.07, 6.45) is -2.88. The summed E-state index contributed by atoms with van der Waals surface area (Å²) in [5.41, 5.74) is 5.23. The zero-order valence-electron chi connectivity index (χ0n) is 10.4. The van der Waals surface area contributed by atoms with Crippen molar-refractivity contribution >= 4 is 28.7 Å². The van der Waals surface area contributed by atoms with Crippen LogP contribution in [0.4, 0.5) is 24.7 Å². The molecule has 4 nitrogen and oxygen atoms in total. The molecule has 1 heterocycles. The van der Waals surface area contributed by atoms with Crippen LogP contribution in [0.3, 0.4) is 0 Å². The van der Waals surface area contributed by atoms with Gasteiger partial charge in [-0.3, -0.25) is 4.68 Å². The quantitative estimate of drug-likeness (QED) is 0.856. The summed E-state index contributed by atoms with van der Waals surface area (Å²) in [4.78, 5) is -0.110. The van der Waals surface area contributed by atoms with Crippen molar-refractivity contribution in [3.63, 3.8) is 0 Å². The molecule has 0 spiro atoms. The normalized spacial score (nSPS) is 11.4. The smallest absolute Gasteiger partial charge is 0.389 e. The predicted molar refractivity (Wildman–Crippen MR) is 73.8 cm³/mol. The van der Waals surface area contributed by atoms with Crippen molar-refractivity contribution in [1.82, 2.24) is 9.78 Å². The molecule has 0 atom stereocenters. The number of nitrogens with one attached hydrogen (secondary N) is 1. The van der Waals surface area contributed by atoms with Crippen LogP contribution in [0.1, 0.15) is 11.1 Å². The first kappa shape index (κ1) is 14.3. The predicted octanol–water partition coefficient (Wildman–Crippen LogP) is 2.82. The van der Waals surface area contributed by atoms with E-state index in [1.165, 1.54) is 6.07 Å². The van der Waals surface area contributed by atoms with Crippen molar-refractivity contribution in [2.75, 3.05) is 5.32 Å². The number of anilines is 2. The van der Waals surface area contributed by atoms with Crippen LogP contribution < -0.4 is 11.1 Å². The summed E-state index contributed by atoms with van der Waals surface area (Å²) >= 11 is 4.81.